The number of carbonyl (C=O) groups is 1. The van der Waals surface area contributed by atoms with Gasteiger partial charge in [-0.2, -0.15) is 0 Å². The van der Waals surface area contributed by atoms with Crippen molar-refractivity contribution >= 4 is 17.2 Å². The highest BCUT2D eigenvalue weighted by Crippen LogP contribution is 2.50. The quantitative estimate of drug-likeness (QED) is 0.843. The number of methoxy groups -OCH3 is 1. The van der Waals surface area contributed by atoms with E-state index in [2.05, 4.69) is 28.9 Å². The van der Waals surface area contributed by atoms with Crippen LogP contribution in [-0.2, 0) is 20.4 Å². The summed E-state index contributed by atoms with van der Waals surface area (Å²) in [6.07, 6.45) is 3.76. The molecule has 0 spiro atoms. The van der Waals surface area contributed by atoms with Gasteiger partial charge in [0.2, 0.25) is 5.91 Å². The minimum atomic E-state index is -0.277. The minimum Gasteiger partial charge on any atom is -0.497 e. The Morgan fingerprint density at radius 3 is 2.46 bits per heavy atom. The first kappa shape index (κ1) is 17.6. The molecule has 1 aromatic carbocycles. The molecule has 1 N–H and O–H groups in total. The summed E-state index contributed by atoms with van der Waals surface area (Å²) in [4.78, 5) is 14.2. The molecule has 5 heteroatoms. The van der Waals surface area contributed by atoms with E-state index in [1.54, 1.807) is 18.4 Å². The maximum absolute atomic E-state index is 13.0. The first-order valence-electron chi connectivity index (χ1n) is 9.23. The number of amides is 1. The monoisotopic (exact) mass is 371 g/mol. The molecular formula is C21H25NO3S. The number of ether oxygens (including phenoxy) is 2. The fourth-order valence-electron chi connectivity index (χ4n) is 3.95. The predicted octanol–water partition coefficient (Wildman–Crippen LogP) is 3.65. The van der Waals surface area contributed by atoms with Gasteiger partial charge in [-0.15, -0.1) is 11.3 Å². The van der Waals surface area contributed by atoms with Gasteiger partial charge in [-0.05, 0) is 54.8 Å². The zero-order valence-electron chi connectivity index (χ0n) is 15.1. The van der Waals surface area contributed by atoms with Gasteiger partial charge in [0.05, 0.1) is 12.5 Å². The summed E-state index contributed by atoms with van der Waals surface area (Å²) in [7, 11) is 1.68. The van der Waals surface area contributed by atoms with Gasteiger partial charge in [0.15, 0.2) is 0 Å². The Bertz CT molecular complexity index is 744. The normalized spacial score (nSPS) is 20.3. The lowest BCUT2D eigenvalue weighted by atomic mass is 9.74. The summed E-state index contributed by atoms with van der Waals surface area (Å²) in [5, 5.41) is 5.35. The lowest BCUT2D eigenvalue weighted by Crippen LogP contribution is -2.47. The Hall–Kier alpha value is -1.85. The van der Waals surface area contributed by atoms with Crippen LogP contribution in [0.15, 0.2) is 41.8 Å². The van der Waals surface area contributed by atoms with Crippen molar-refractivity contribution in [1.29, 1.82) is 0 Å². The van der Waals surface area contributed by atoms with Gasteiger partial charge in [-0.1, -0.05) is 18.2 Å². The Balaban J connectivity index is 1.51. The lowest BCUT2D eigenvalue weighted by molar-refractivity contribution is -0.124. The topological polar surface area (TPSA) is 47.6 Å². The average Bonchev–Trinajstić information content (AvgIpc) is 3.33. The molecular weight excluding hydrogens is 346 g/mol. The van der Waals surface area contributed by atoms with Crippen LogP contribution in [0.5, 0.6) is 5.75 Å². The smallest absolute Gasteiger partial charge is 0.231 e. The van der Waals surface area contributed by atoms with E-state index in [-0.39, 0.29) is 16.7 Å². The molecule has 0 atom stereocenters. The van der Waals surface area contributed by atoms with Gasteiger partial charge < -0.3 is 14.8 Å². The van der Waals surface area contributed by atoms with E-state index in [1.165, 1.54) is 10.4 Å². The second-order valence-electron chi connectivity index (χ2n) is 7.36. The minimum absolute atomic E-state index is 0.0638. The molecule has 2 aromatic rings. The van der Waals surface area contributed by atoms with Crippen LogP contribution in [0, 0.1) is 0 Å². The molecule has 0 unspecified atom stereocenters. The molecule has 4 nitrogen and oxygen atoms in total. The SMILES string of the molecule is COc1ccc(C2(CNC(=O)C3(c4cccs4)CC3)CCOCC2)cc1. The lowest BCUT2D eigenvalue weighted by Gasteiger charge is -2.38. The van der Waals surface area contributed by atoms with Crippen molar-refractivity contribution in [2.24, 2.45) is 0 Å². The summed E-state index contributed by atoms with van der Waals surface area (Å²) in [5.74, 6) is 1.04. The molecule has 2 heterocycles. The third-order valence-corrected chi connectivity index (χ3v) is 6.99. The molecule has 0 bridgehead atoms. The van der Waals surface area contributed by atoms with Crippen molar-refractivity contribution in [3.8, 4) is 5.75 Å². The largest absolute Gasteiger partial charge is 0.497 e. The van der Waals surface area contributed by atoms with E-state index in [0.717, 1.165) is 44.6 Å². The number of benzene rings is 1. The Kier molecular flexibility index (Phi) is 4.76. The van der Waals surface area contributed by atoms with E-state index >= 15 is 0 Å². The van der Waals surface area contributed by atoms with Gasteiger partial charge in [0.25, 0.3) is 0 Å². The highest BCUT2D eigenvalue weighted by Gasteiger charge is 2.52. The Morgan fingerprint density at radius 2 is 1.88 bits per heavy atom. The first-order valence-corrected chi connectivity index (χ1v) is 10.1. The van der Waals surface area contributed by atoms with Gasteiger partial charge in [0.1, 0.15) is 5.75 Å². The predicted molar refractivity (Wildman–Crippen MR) is 103 cm³/mol. The van der Waals surface area contributed by atoms with E-state index in [9.17, 15) is 4.79 Å². The average molecular weight is 372 g/mol. The molecule has 2 fully saturated rings. The van der Waals surface area contributed by atoms with Crippen molar-refractivity contribution in [1.82, 2.24) is 5.32 Å². The molecule has 4 rings (SSSR count). The molecule has 1 saturated carbocycles. The molecule has 1 aromatic heterocycles. The molecule has 2 aliphatic rings. The molecule has 1 aliphatic carbocycles. The van der Waals surface area contributed by atoms with E-state index in [4.69, 9.17) is 9.47 Å². The number of hydrogen-bond donors (Lipinski definition) is 1. The van der Waals surface area contributed by atoms with Crippen molar-refractivity contribution in [3.05, 3.63) is 52.2 Å². The number of carbonyl (C=O) groups excluding carboxylic acids is 1. The zero-order chi connectivity index (χ0) is 18.0. The van der Waals surface area contributed by atoms with Crippen LogP contribution in [0.1, 0.15) is 36.1 Å². The second-order valence-corrected chi connectivity index (χ2v) is 8.31. The second kappa shape index (κ2) is 7.05. The summed E-state index contributed by atoms with van der Waals surface area (Å²) >= 11 is 1.69. The van der Waals surface area contributed by atoms with Gasteiger partial charge in [-0.25, -0.2) is 0 Å². The van der Waals surface area contributed by atoms with Crippen molar-refractivity contribution in [2.75, 3.05) is 26.9 Å². The maximum Gasteiger partial charge on any atom is 0.231 e. The van der Waals surface area contributed by atoms with Gasteiger partial charge in [-0.3, -0.25) is 4.79 Å². The fraction of sp³-hybridized carbons (Fsp3) is 0.476. The number of hydrogen-bond acceptors (Lipinski definition) is 4. The number of nitrogens with one attached hydrogen (secondary N) is 1. The van der Waals surface area contributed by atoms with E-state index in [0.29, 0.717) is 6.54 Å². The van der Waals surface area contributed by atoms with Crippen molar-refractivity contribution in [2.45, 2.75) is 36.5 Å². The fourth-order valence-corrected chi connectivity index (χ4v) is 4.94. The van der Waals surface area contributed by atoms with Crippen molar-refractivity contribution in [3.63, 3.8) is 0 Å². The highest BCUT2D eigenvalue weighted by molar-refractivity contribution is 7.10. The first-order chi connectivity index (χ1) is 12.7. The summed E-state index contributed by atoms with van der Waals surface area (Å²) in [5.41, 5.74) is 0.912. The molecule has 1 amide bonds. The van der Waals surface area contributed by atoms with E-state index < -0.39 is 0 Å². The maximum atomic E-state index is 13.0. The third-order valence-electron chi connectivity index (χ3n) is 5.92. The summed E-state index contributed by atoms with van der Waals surface area (Å²) in [6.45, 7) is 2.13. The summed E-state index contributed by atoms with van der Waals surface area (Å²) in [6, 6.07) is 12.4. The van der Waals surface area contributed by atoms with Crippen LogP contribution in [0.3, 0.4) is 0 Å². The number of thiophene rings is 1. The molecule has 26 heavy (non-hydrogen) atoms. The van der Waals surface area contributed by atoms with Crippen molar-refractivity contribution < 1.29 is 14.3 Å². The standard InChI is InChI=1S/C21H25NO3S/c1-24-17-6-4-16(5-7-17)20(10-12-25-13-11-20)15-22-19(23)21(8-9-21)18-3-2-14-26-18/h2-7,14H,8-13,15H2,1H3,(H,22,23). The number of rotatable bonds is 6. The van der Waals surface area contributed by atoms with Gasteiger partial charge >= 0.3 is 0 Å². The molecule has 0 radical (unpaired) electrons. The van der Waals surface area contributed by atoms with Crippen LogP contribution in [0.2, 0.25) is 0 Å². The highest BCUT2D eigenvalue weighted by atomic mass is 32.1. The van der Waals surface area contributed by atoms with Crippen LogP contribution in [0.25, 0.3) is 0 Å². The van der Waals surface area contributed by atoms with Crippen LogP contribution in [0.4, 0.5) is 0 Å². The van der Waals surface area contributed by atoms with Crippen LogP contribution >= 0.6 is 11.3 Å². The zero-order valence-corrected chi connectivity index (χ0v) is 15.9. The molecule has 1 aliphatic heterocycles. The van der Waals surface area contributed by atoms with Gasteiger partial charge in [0, 0.05) is 30.1 Å². The molecule has 1 saturated heterocycles. The van der Waals surface area contributed by atoms with Crippen LogP contribution in [-0.4, -0.2) is 32.8 Å². The third kappa shape index (κ3) is 3.14. The Morgan fingerprint density at radius 1 is 1.15 bits per heavy atom. The van der Waals surface area contributed by atoms with Crippen LogP contribution < -0.4 is 10.1 Å². The molecule has 138 valence electrons. The van der Waals surface area contributed by atoms with E-state index in [1.807, 2.05) is 18.2 Å². The summed E-state index contributed by atoms with van der Waals surface area (Å²) < 4.78 is 10.9. The Labute approximate surface area is 158 Å².